The molecule has 0 N–H and O–H groups in total. The molecule has 2 heterocycles. The van der Waals surface area contributed by atoms with Crippen molar-refractivity contribution in [3.8, 4) is 0 Å². The number of amides is 1. The zero-order valence-electron chi connectivity index (χ0n) is 14.6. The Kier molecular flexibility index (Phi) is 4.15. The van der Waals surface area contributed by atoms with Gasteiger partial charge in [-0.2, -0.15) is 0 Å². The molecular weight excluding hydrogens is 438 g/mol. The number of halogens is 4. The van der Waals surface area contributed by atoms with Gasteiger partial charge in [-0.15, -0.1) is 0 Å². The Morgan fingerprint density at radius 3 is 2.39 bits per heavy atom. The Hall–Kier alpha value is -1.78. The molecule has 5 rings (SSSR count). The molecule has 0 aromatic heterocycles. The van der Waals surface area contributed by atoms with Gasteiger partial charge in [0.1, 0.15) is 0 Å². The zero-order valence-corrected chi connectivity index (χ0v) is 17.6. The lowest BCUT2D eigenvalue weighted by Gasteiger charge is -2.25. The van der Waals surface area contributed by atoms with Gasteiger partial charge in [-0.3, -0.25) is 9.69 Å². The summed E-state index contributed by atoms with van der Waals surface area (Å²) in [6.45, 7) is 2.14. The smallest absolute Gasteiger partial charge is 0.266 e. The number of rotatable bonds is 2. The van der Waals surface area contributed by atoms with Crippen LogP contribution in [0.2, 0.25) is 20.1 Å². The number of carbonyl (C=O) groups is 1. The zero-order chi connectivity index (χ0) is 19.7. The van der Waals surface area contributed by atoms with Gasteiger partial charge in [-0.05, 0) is 29.5 Å². The average molecular weight is 450 g/mol. The lowest BCUT2D eigenvalue weighted by atomic mass is 9.99. The average Bonchev–Trinajstić information content (AvgIpc) is 2.97. The van der Waals surface area contributed by atoms with Crippen molar-refractivity contribution in [2.75, 3.05) is 4.90 Å². The van der Waals surface area contributed by atoms with Crippen molar-refractivity contribution in [3.63, 3.8) is 0 Å². The maximum absolute atomic E-state index is 13.3. The maximum Gasteiger partial charge on any atom is 0.266 e. The highest BCUT2D eigenvalue weighted by Gasteiger charge is 2.43. The first-order valence-corrected chi connectivity index (χ1v) is 10.3. The highest BCUT2D eigenvalue weighted by molar-refractivity contribution is 6.57. The van der Waals surface area contributed by atoms with Crippen LogP contribution >= 0.6 is 46.4 Å². The number of fused-ring (bicyclic) bond motifs is 4. The first-order valence-electron chi connectivity index (χ1n) is 8.79. The van der Waals surface area contributed by atoms with E-state index < -0.39 is 0 Å². The van der Waals surface area contributed by atoms with E-state index >= 15 is 0 Å². The van der Waals surface area contributed by atoms with Gasteiger partial charge >= 0.3 is 0 Å². The van der Waals surface area contributed by atoms with Gasteiger partial charge in [0.05, 0.1) is 42.6 Å². The summed E-state index contributed by atoms with van der Waals surface area (Å²) in [6.07, 6.45) is 1.98. The minimum Gasteiger partial charge on any atom is -0.268 e. The number of hydrogen-bond donors (Lipinski definition) is 0. The van der Waals surface area contributed by atoms with Crippen molar-refractivity contribution in [3.05, 3.63) is 67.1 Å². The van der Waals surface area contributed by atoms with Crippen molar-refractivity contribution in [1.82, 2.24) is 0 Å². The molecule has 0 saturated heterocycles. The Bertz CT molecular complexity index is 1250. The number of aliphatic imine (C=N–C) groups is 1. The second-order valence-corrected chi connectivity index (χ2v) is 8.33. The lowest BCUT2D eigenvalue weighted by molar-refractivity contribution is 0.101. The lowest BCUT2D eigenvalue weighted by Crippen LogP contribution is -2.31. The summed E-state index contributed by atoms with van der Waals surface area (Å²) in [7, 11) is 0. The molecule has 0 atom stereocenters. The van der Waals surface area contributed by atoms with E-state index in [1.165, 1.54) is 5.56 Å². The number of amidine groups is 1. The van der Waals surface area contributed by atoms with E-state index in [0.29, 0.717) is 11.4 Å². The molecule has 1 amide bonds. The number of carbonyl (C=O) groups excluding carboxylic acids is 1. The summed E-state index contributed by atoms with van der Waals surface area (Å²) in [4.78, 5) is 19.6. The SMILES string of the molecule is CCCc1cc2c3c(cccc3c1)N1C(=O)c3c(Cl)c(Cl)c(Cl)c(Cl)c3C1=N2. The molecule has 0 unspecified atom stereocenters. The van der Waals surface area contributed by atoms with Gasteiger partial charge in [0, 0.05) is 5.39 Å². The monoisotopic (exact) mass is 448 g/mol. The number of nitrogens with zero attached hydrogens (tertiary/aromatic N) is 2. The van der Waals surface area contributed by atoms with Gasteiger partial charge in [0.15, 0.2) is 5.84 Å². The van der Waals surface area contributed by atoms with Crippen LogP contribution in [0.3, 0.4) is 0 Å². The molecule has 0 spiro atoms. The van der Waals surface area contributed by atoms with Crippen molar-refractivity contribution in [2.24, 2.45) is 4.99 Å². The van der Waals surface area contributed by atoms with Crippen LogP contribution < -0.4 is 4.90 Å². The molecule has 0 bridgehead atoms. The summed E-state index contributed by atoms with van der Waals surface area (Å²) >= 11 is 25.3. The third-order valence-electron chi connectivity index (χ3n) is 5.12. The van der Waals surface area contributed by atoms with Crippen molar-refractivity contribution < 1.29 is 4.79 Å². The van der Waals surface area contributed by atoms with Crippen LogP contribution in [0, 0.1) is 0 Å². The molecule has 3 nitrogen and oxygen atoms in total. The summed E-state index contributed by atoms with van der Waals surface area (Å²) in [6, 6.07) is 10.1. The van der Waals surface area contributed by atoms with Crippen molar-refractivity contribution >= 4 is 80.3 Å². The van der Waals surface area contributed by atoms with E-state index in [2.05, 4.69) is 19.1 Å². The third-order valence-corrected chi connectivity index (χ3v) is 6.92. The van der Waals surface area contributed by atoms with Gasteiger partial charge < -0.3 is 0 Å². The number of anilines is 1. The normalized spacial score (nSPS) is 14.4. The second-order valence-electron chi connectivity index (χ2n) is 6.82. The van der Waals surface area contributed by atoms with Crippen LogP contribution in [-0.4, -0.2) is 11.7 Å². The van der Waals surface area contributed by atoms with E-state index in [9.17, 15) is 4.79 Å². The fourth-order valence-electron chi connectivity index (χ4n) is 3.96. The Morgan fingerprint density at radius 2 is 1.68 bits per heavy atom. The summed E-state index contributed by atoms with van der Waals surface area (Å²) < 4.78 is 0. The van der Waals surface area contributed by atoms with Gasteiger partial charge in [0.25, 0.3) is 5.91 Å². The molecule has 2 aliphatic rings. The van der Waals surface area contributed by atoms with E-state index in [4.69, 9.17) is 51.4 Å². The maximum atomic E-state index is 13.3. The molecule has 0 radical (unpaired) electrons. The minimum absolute atomic E-state index is 0.0711. The van der Waals surface area contributed by atoms with Crippen LogP contribution in [-0.2, 0) is 6.42 Å². The third kappa shape index (κ3) is 2.31. The molecule has 3 aromatic carbocycles. The fraction of sp³-hybridized carbons (Fsp3) is 0.143. The molecule has 0 aliphatic carbocycles. The van der Waals surface area contributed by atoms with E-state index in [1.54, 1.807) is 4.90 Å². The summed E-state index contributed by atoms with van der Waals surface area (Å²) in [5.41, 5.74) is 3.42. The number of benzene rings is 3. The van der Waals surface area contributed by atoms with E-state index in [0.717, 1.165) is 35.0 Å². The first-order chi connectivity index (χ1) is 13.4. The molecule has 0 saturated carbocycles. The van der Waals surface area contributed by atoms with Gasteiger partial charge in [-0.1, -0.05) is 77.9 Å². The largest absolute Gasteiger partial charge is 0.268 e. The topological polar surface area (TPSA) is 32.7 Å². The molecule has 2 aliphatic heterocycles. The van der Waals surface area contributed by atoms with Crippen LogP contribution in [0.1, 0.15) is 34.8 Å². The minimum atomic E-state index is -0.310. The summed E-state index contributed by atoms with van der Waals surface area (Å²) in [5.74, 6) is 0.120. The van der Waals surface area contributed by atoms with Crippen LogP contribution in [0.25, 0.3) is 10.8 Å². The quantitative estimate of drug-likeness (QED) is 0.295. The van der Waals surface area contributed by atoms with E-state index in [-0.39, 0.29) is 31.6 Å². The van der Waals surface area contributed by atoms with Crippen molar-refractivity contribution in [2.45, 2.75) is 19.8 Å². The Labute approximate surface area is 181 Å². The second kappa shape index (κ2) is 6.36. The van der Waals surface area contributed by atoms with Gasteiger partial charge in [-0.25, -0.2) is 4.99 Å². The van der Waals surface area contributed by atoms with Crippen molar-refractivity contribution in [1.29, 1.82) is 0 Å². The molecule has 0 fully saturated rings. The van der Waals surface area contributed by atoms with Gasteiger partial charge in [0.2, 0.25) is 0 Å². The predicted molar refractivity (Wildman–Crippen MR) is 117 cm³/mol. The Morgan fingerprint density at radius 1 is 0.964 bits per heavy atom. The highest BCUT2D eigenvalue weighted by Crippen LogP contribution is 2.50. The molecule has 140 valence electrons. The molecular formula is C21H12Cl4N2O. The molecule has 3 aromatic rings. The van der Waals surface area contributed by atoms with Crippen LogP contribution in [0.15, 0.2) is 35.3 Å². The van der Waals surface area contributed by atoms with Crippen LogP contribution in [0.5, 0.6) is 0 Å². The van der Waals surface area contributed by atoms with E-state index in [1.807, 2.05) is 18.2 Å². The molecule has 28 heavy (non-hydrogen) atoms. The van der Waals surface area contributed by atoms with Crippen LogP contribution in [0.4, 0.5) is 11.4 Å². The first kappa shape index (κ1) is 18.3. The molecule has 7 heteroatoms. The standard InChI is InChI=1S/C21H12Cl4N2O/c1-2-4-9-7-10-5-3-6-12-13(10)11(8-9)26-20-14-15(21(28)27(12)20)17(23)19(25)18(24)16(14)22/h3,5-8H,2,4H2,1H3. The highest BCUT2D eigenvalue weighted by atomic mass is 35.5. The number of hydrogen-bond acceptors (Lipinski definition) is 2. The number of aryl methyl sites for hydroxylation is 1. The summed E-state index contributed by atoms with van der Waals surface area (Å²) in [5, 5.41) is 2.43. The predicted octanol–water partition coefficient (Wildman–Crippen LogP) is 7.46. The fourth-order valence-corrected chi connectivity index (χ4v) is 4.98. The Balaban J connectivity index is 1.87.